The number of amides is 2. The van der Waals surface area contributed by atoms with Crippen molar-refractivity contribution in [2.75, 3.05) is 47.6 Å². The van der Waals surface area contributed by atoms with Gasteiger partial charge in [-0.15, -0.1) is 0 Å². The van der Waals surface area contributed by atoms with Gasteiger partial charge in [0.1, 0.15) is 11.5 Å². The minimum atomic E-state index is -0.320. The van der Waals surface area contributed by atoms with Crippen molar-refractivity contribution in [1.29, 1.82) is 0 Å². The van der Waals surface area contributed by atoms with Gasteiger partial charge in [-0.1, -0.05) is 18.9 Å². The molecule has 3 rings (SSSR count). The Hall–Kier alpha value is -2.28. The molecule has 2 amide bonds. The van der Waals surface area contributed by atoms with Crippen LogP contribution >= 0.6 is 0 Å². The first-order valence-corrected chi connectivity index (χ1v) is 10.4. The summed E-state index contributed by atoms with van der Waals surface area (Å²) >= 11 is 0. The SMILES string of the molecule is COCCNC(=O)C1CN(C(=O)C2CCCC2)CC1c1ccc(OC)cc1OC. The van der Waals surface area contributed by atoms with Crippen LogP contribution in [0, 0.1) is 11.8 Å². The first kappa shape index (κ1) is 21.4. The van der Waals surface area contributed by atoms with Crippen molar-refractivity contribution in [2.24, 2.45) is 11.8 Å². The van der Waals surface area contributed by atoms with Crippen molar-refractivity contribution in [3.05, 3.63) is 23.8 Å². The third-order valence-electron chi connectivity index (χ3n) is 6.12. The number of likely N-dealkylation sites (tertiary alicyclic amines) is 1. The van der Waals surface area contributed by atoms with Gasteiger partial charge in [-0.2, -0.15) is 0 Å². The number of benzene rings is 1. The molecule has 0 radical (unpaired) electrons. The predicted octanol–water partition coefficient (Wildman–Crippen LogP) is 2.20. The van der Waals surface area contributed by atoms with Crippen LogP contribution in [0.15, 0.2) is 18.2 Å². The Bertz CT molecular complexity index is 717. The number of carbonyl (C=O) groups is 2. The monoisotopic (exact) mass is 404 g/mol. The summed E-state index contributed by atoms with van der Waals surface area (Å²) in [6, 6.07) is 5.65. The largest absolute Gasteiger partial charge is 0.497 e. The summed E-state index contributed by atoms with van der Waals surface area (Å²) < 4.78 is 15.9. The van der Waals surface area contributed by atoms with E-state index >= 15 is 0 Å². The summed E-state index contributed by atoms with van der Waals surface area (Å²) in [5, 5.41) is 2.95. The Kier molecular flexibility index (Phi) is 7.36. The molecule has 7 nitrogen and oxygen atoms in total. The van der Waals surface area contributed by atoms with Crippen molar-refractivity contribution < 1.29 is 23.8 Å². The van der Waals surface area contributed by atoms with Gasteiger partial charge in [0.15, 0.2) is 0 Å². The molecule has 29 heavy (non-hydrogen) atoms. The molecule has 2 fully saturated rings. The fourth-order valence-electron chi connectivity index (χ4n) is 4.53. The zero-order valence-corrected chi connectivity index (χ0v) is 17.6. The topological polar surface area (TPSA) is 77.1 Å². The van der Waals surface area contributed by atoms with E-state index in [9.17, 15) is 9.59 Å². The number of methoxy groups -OCH3 is 3. The molecule has 7 heteroatoms. The molecule has 1 N–H and O–H groups in total. The number of nitrogens with zero attached hydrogens (tertiary/aromatic N) is 1. The lowest BCUT2D eigenvalue weighted by Gasteiger charge is -2.21. The van der Waals surface area contributed by atoms with E-state index in [0.717, 1.165) is 31.2 Å². The van der Waals surface area contributed by atoms with Crippen LogP contribution in [-0.4, -0.2) is 64.3 Å². The highest BCUT2D eigenvalue weighted by Crippen LogP contribution is 2.40. The van der Waals surface area contributed by atoms with E-state index in [4.69, 9.17) is 14.2 Å². The van der Waals surface area contributed by atoms with Crippen LogP contribution in [-0.2, 0) is 14.3 Å². The van der Waals surface area contributed by atoms with Crippen molar-refractivity contribution in [2.45, 2.75) is 31.6 Å². The summed E-state index contributed by atoms with van der Waals surface area (Å²) in [6.07, 6.45) is 4.13. The lowest BCUT2D eigenvalue weighted by molar-refractivity contribution is -0.134. The normalized spacial score (nSPS) is 22.0. The molecule has 2 aliphatic rings. The van der Waals surface area contributed by atoms with Crippen LogP contribution in [0.3, 0.4) is 0 Å². The van der Waals surface area contributed by atoms with E-state index in [2.05, 4.69) is 5.32 Å². The average Bonchev–Trinajstić information content (AvgIpc) is 3.43. The van der Waals surface area contributed by atoms with Gasteiger partial charge in [0, 0.05) is 50.2 Å². The number of ether oxygens (including phenoxy) is 3. The second kappa shape index (κ2) is 9.96. The maximum atomic E-state index is 13.0. The second-order valence-corrected chi connectivity index (χ2v) is 7.83. The smallest absolute Gasteiger partial charge is 0.225 e. The van der Waals surface area contributed by atoms with E-state index in [-0.39, 0.29) is 29.6 Å². The third-order valence-corrected chi connectivity index (χ3v) is 6.12. The van der Waals surface area contributed by atoms with Gasteiger partial charge in [-0.3, -0.25) is 9.59 Å². The minimum absolute atomic E-state index is 0.0494. The number of nitrogens with one attached hydrogen (secondary N) is 1. The summed E-state index contributed by atoms with van der Waals surface area (Å²) in [7, 11) is 4.83. The van der Waals surface area contributed by atoms with Crippen molar-refractivity contribution in [3.8, 4) is 11.5 Å². The van der Waals surface area contributed by atoms with Gasteiger partial charge in [-0.25, -0.2) is 0 Å². The van der Waals surface area contributed by atoms with E-state index in [1.165, 1.54) is 0 Å². The maximum absolute atomic E-state index is 13.0. The molecule has 2 unspecified atom stereocenters. The molecule has 2 atom stereocenters. The number of hydrogen-bond acceptors (Lipinski definition) is 5. The van der Waals surface area contributed by atoms with Gasteiger partial charge in [0.25, 0.3) is 0 Å². The molecule has 1 saturated carbocycles. The first-order valence-electron chi connectivity index (χ1n) is 10.4. The highest BCUT2D eigenvalue weighted by atomic mass is 16.5. The first-order chi connectivity index (χ1) is 14.1. The predicted molar refractivity (Wildman–Crippen MR) is 109 cm³/mol. The van der Waals surface area contributed by atoms with Crippen LogP contribution in [0.4, 0.5) is 0 Å². The Labute approximate surface area is 172 Å². The van der Waals surface area contributed by atoms with E-state index in [0.29, 0.717) is 37.7 Å². The molecule has 1 heterocycles. The number of hydrogen-bond donors (Lipinski definition) is 1. The average molecular weight is 405 g/mol. The van der Waals surface area contributed by atoms with Crippen LogP contribution in [0.25, 0.3) is 0 Å². The summed E-state index contributed by atoms with van der Waals surface area (Å²) in [5.41, 5.74) is 0.932. The molecule has 1 aliphatic carbocycles. The minimum Gasteiger partial charge on any atom is -0.497 e. The highest BCUT2D eigenvalue weighted by Gasteiger charge is 2.43. The molecule has 0 spiro atoms. The molecule has 1 saturated heterocycles. The summed E-state index contributed by atoms with van der Waals surface area (Å²) in [5.74, 6) is 1.17. The van der Waals surface area contributed by atoms with Crippen LogP contribution in [0.1, 0.15) is 37.2 Å². The number of carbonyl (C=O) groups excluding carboxylic acids is 2. The third kappa shape index (κ3) is 4.83. The van der Waals surface area contributed by atoms with Gasteiger partial charge >= 0.3 is 0 Å². The molecular formula is C22H32N2O5. The van der Waals surface area contributed by atoms with Crippen molar-refractivity contribution in [3.63, 3.8) is 0 Å². The molecular weight excluding hydrogens is 372 g/mol. The standard InChI is InChI=1S/C22H32N2O5/c1-27-11-10-23-21(25)19-14-24(22(26)15-6-4-5-7-15)13-18(19)17-9-8-16(28-2)12-20(17)29-3/h8-9,12,15,18-19H,4-7,10-11,13-14H2,1-3H3,(H,23,25). The quantitative estimate of drug-likeness (QED) is 0.672. The van der Waals surface area contributed by atoms with Gasteiger partial charge in [-0.05, 0) is 18.9 Å². The molecule has 1 aromatic carbocycles. The van der Waals surface area contributed by atoms with Crippen LogP contribution in [0.5, 0.6) is 11.5 Å². The zero-order chi connectivity index (χ0) is 20.8. The Morgan fingerprint density at radius 3 is 2.52 bits per heavy atom. The fraction of sp³-hybridized carbons (Fsp3) is 0.636. The molecule has 1 aromatic rings. The Morgan fingerprint density at radius 1 is 1.10 bits per heavy atom. The number of rotatable bonds is 8. The van der Waals surface area contributed by atoms with Gasteiger partial charge in [0.05, 0.1) is 26.7 Å². The van der Waals surface area contributed by atoms with Crippen molar-refractivity contribution in [1.82, 2.24) is 10.2 Å². The molecule has 0 aromatic heterocycles. The van der Waals surface area contributed by atoms with E-state index in [1.807, 2.05) is 23.1 Å². The highest BCUT2D eigenvalue weighted by molar-refractivity contribution is 5.84. The van der Waals surface area contributed by atoms with E-state index in [1.54, 1.807) is 21.3 Å². The molecule has 0 bridgehead atoms. The Morgan fingerprint density at radius 2 is 1.86 bits per heavy atom. The van der Waals surface area contributed by atoms with Gasteiger partial charge < -0.3 is 24.4 Å². The van der Waals surface area contributed by atoms with Crippen LogP contribution in [0.2, 0.25) is 0 Å². The summed E-state index contributed by atoms with van der Waals surface area (Å²) in [4.78, 5) is 27.9. The summed E-state index contributed by atoms with van der Waals surface area (Å²) in [6.45, 7) is 1.88. The van der Waals surface area contributed by atoms with E-state index < -0.39 is 0 Å². The molecule has 1 aliphatic heterocycles. The fourth-order valence-corrected chi connectivity index (χ4v) is 4.53. The lowest BCUT2D eigenvalue weighted by atomic mass is 9.87. The maximum Gasteiger partial charge on any atom is 0.225 e. The zero-order valence-electron chi connectivity index (χ0n) is 17.6. The van der Waals surface area contributed by atoms with Crippen molar-refractivity contribution >= 4 is 11.8 Å². The Balaban J connectivity index is 1.84. The molecule has 160 valence electrons. The second-order valence-electron chi connectivity index (χ2n) is 7.83. The van der Waals surface area contributed by atoms with Crippen LogP contribution < -0.4 is 14.8 Å². The van der Waals surface area contributed by atoms with Gasteiger partial charge in [0.2, 0.25) is 11.8 Å². The lowest BCUT2D eigenvalue weighted by Crippen LogP contribution is -2.38.